The maximum Gasteiger partial charge on any atom is 0.224 e. The summed E-state index contributed by atoms with van der Waals surface area (Å²) in [7, 11) is 0. The average molecular weight is 336 g/mol. The summed E-state index contributed by atoms with van der Waals surface area (Å²) >= 11 is 3.40. The lowest BCUT2D eigenvalue weighted by Gasteiger charge is -2.16. The first-order chi connectivity index (χ1) is 9.69. The lowest BCUT2D eigenvalue weighted by Crippen LogP contribution is -2.30. The molecule has 1 atom stereocenters. The first-order valence-corrected chi connectivity index (χ1v) is 7.46. The number of nitrogens with one attached hydrogen (secondary N) is 1. The third-order valence-corrected chi connectivity index (χ3v) is 3.59. The fourth-order valence-electron chi connectivity index (χ4n) is 1.97. The molecule has 0 aliphatic carbocycles. The lowest BCUT2D eigenvalue weighted by molar-refractivity contribution is -0.121. The highest BCUT2D eigenvalue weighted by molar-refractivity contribution is 9.09. The van der Waals surface area contributed by atoms with Gasteiger partial charge in [0, 0.05) is 5.33 Å². The van der Waals surface area contributed by atoms with E-state index < -0.39 is 0 Å². The molecule has 4 heteroatoms. The van der Waals surface area contributed by atoms with E-state index in [1.807, 2.05) is 30.3 Å². The summed E-state index contributed by atoms with van der Waals surface area (Å²) in [5.41, 5.74) is 1.71. The van der Waals surface area contributed by atoms with Crippen LogP contribution in [0.4, 0.5) is 4.39 Å². The number of amides is 1. The van der Waals surface area contributed by atoms with Crippen molar-refractivity contribution in [3.63, 3.8) is 0 Å². The van der Waals surface area contributed by atoms with Gasteiger partial charge in [-0.1, -0.05) is 58.4 Å². The maximum absolute atomic E-state index is 13.1. The van der Waals surface area contributed by atoms with Gasteiger partial charge in [-0.25, -0.2) is 4.39 Å². The summed E-state index contributed by atoms with van der Waals surface area (Å²) in [6.07, 6.45) is 0.175. The van der Waals surface area contributed by atoms with Crippen molar-refractivity contribution in [3.8, 4) is 0 Å². The quantitative estimate of drug-likeness (QED) is 0.830. The molecule has 0 radical (unpaired) electrons. The van der Waals surface area contributed by atoms with Crippen LogP contribution in [0, 0.1) is 5.82 Å². The topological polar surface area (TPSA) is 29.1 Å². The van der Waals surface area contributed by atoms with Gasteiger partial charge >= 0.3 is 0 Å². The molecule has 0 fully saturated rings. The molecule has 0 aliphatic rings. The second-order valence-corrected chi connectivity index (χ2v) is 5.14. The smallest absolute Gasteiger partial charge is 0.224 e. The Morgan fingerprint density at radius 3 is 2.55 bits per heavy atom. The zero-order valence-electron chi connectivity index (χ0n) is 10.9. The molecule has 1 N–H and O–H groups in total. The van der Waals surface area contributed by atoms with E-state index in [2.05, 4.69) is 21.2 Å². The number of benzene rings is 2. The molecule has 2 nitrogen and oxygen atoms in total. The Morgan fingerprint density at radius 2 is 1.90 bits per heavy atom. The van der Waals surface area contributed by atoms with Crippen LogP contribution in [0.3, 0.4) is 0 Å². The van der Waals surface area contributed by atoms with Gasteiger partial charge in [0.2, 0.25) is 5.91 Å². The molecule has 0 aromatic heterocycles. The van der Waals surface area contributed by atoms with Crippen LogP contribution in [0.15, 0.2) is 54.6 Å². The highest BCUT2D eigenvalue weighted by Gasteiger charge is 2.13. The van der Waals surface area contributed by atoms with Crippen molar-refractivity contribution in [2.75, 3.05) is 5.33 Å². The normalized spacial score (nSPS) is 11.9. The molecule has 1 amide bonds. The van der Waals surface area contributed by atoms with Crippen LogP contribution < -0.4 is 5.32 Å². The number of halogens is 2. The van der Waals surface area contributed by atoms with Gasteiger partial charge in [-0.2, -0.15) is 0 Å². The zero-order valence-corrected chi connectivity index (χ0v) is 12.4. The van der Waals surface area contributed by atoms with Gasteiger partial charge in [0.15, 0.2) is 0 Å². The van der Waals surface area contributed by atoms with Gasteiger partial charge in [-0.15, -0.1) is 0 Å². The predicted octanol–water partition coefficient (Wildman–Crippen LogP) is 3.62. The number of hydrogen-bond acceptors (Lipinski definition) is 1. The second-order valence-electron chi connectivity index (χ2n) is 4.49. The largest absolute Gasteiger partial charge is 0.348 e. The van der Waals surface area contributed by atoms with Gasteiger partial charge in [0.1, 0.15) is 5.82 Å². The van der Waals surface area contributed by atoms with Crippen LogP contribution in [-0.4, -0.2) is 11.2 Å². The fourth-order valence-corrected chi connectivity index (χ4v) is 2.51. The van der Waals surface area contributed by atoms with E-state index in [-0.39, 0.29) is 24.2 Å². The number of alkyl halides is 1. The summed E-state index contributed by atoms with van der Waals surface area (Å²) in [5.74, 6) is -0.445. The molecule has 0 saturated carbocycles. The molecule has 0 saturated heterocycles. The number of carbonyl (C=O) groups excluding carboxylic acids is 1. The molecule has 104 valence electrons. The van der Waals surface area contributed by atoms with Gasteiger partial charge in [0.05, 0.1) is 12.5 Å². The van der Waals surface area contributed by atoms with Crippen LogP contribution >= 0.6 is 15.9 Å². The summed E-state index contributed by atoms with van der Waals surface area (Å²) in [5, 5.41) is 3.57. The first kappa shape index (κ1) is 14.7. The zero-order chi connectivity index (χ0) is 14.4. The van der Waals surface area contributed by atoms with E-state index >= 15 is 0 Å². The third-order valence-electron chi connectivity index (χ3n) is 2.95. The molecule has 2 rings (SSSR count). The van der Waals surface area contributed by atoms with Crippen molar-refractivity contribution >= 4 is 21.8 Å². The van der Waals surface area contributed by atoms with Crippen LogP contribution in [0.5, 0.6) is 0 Å². The summed E-state index contributed by atoms with van der Waals surface area (Å²) < 4.78 is 13.1. The van der Waals surface area contributed by atoms with Crippen molar-refractivity contribution < 1.29 is 9.18 Å². The second kappa shape index (κ2) is 7.20. The Bertz CT molecular complexity index is 574. The molecular formula is C16H15BrFNO. The van der Waals surface area contributed by atoms with E-state index in [0.29, 0.717) is 10.9 Å². The highest BCUT2D eigenvalue weighted by Crippen LogP contribution is 2.15. The van der Waals surface area contributed by atoms with Crippen molar-refractivity contribution in [1.82, 2.24) is 5.32 Å². The Balaban J connectivity index is 2.00. The van der Waals surface area contributed by atoms with E-state index in [9.17, 15) is 9.18 Å². The van der Waals surface area contributed by atoms with Gasteiger partial charge in [-0.05, 0) is 23.3 Å². The Hall–Kier alpha value is -1.68. The predicted molar refractivity (Wildman–Crippen MR) is 81.2 cm³/mol. The van der Waals surface area contributed by atoms with Crippen LogP contribution in [0.1, 0.15) is 17.2 Å². The van der Waals surface area contributed by atoms with E-state index in [1.54, 1.807) is 12.1 Å². The standard InChI is InChI=1S/C16H15BrFNO/c17-11-15(13-6-2-1-3-7-13)19-16(20)10-12-5-4-8-14(18)9-12/h1-9,15H,10-11H2,(H,19,20). The molecule has 0 bridgehead atoms. The number of carbonyl (C=O) groups is 1. The van der Waals surface area contributed by atoms with E-state index in [0.717, 1.165) is 5.56 Å². The molecule has 20 heavy (non-hydrogen) atoms. The average Bonchev–Trinajstić information content (AvgIpc) is 2.45. The van der Waals surface area contributed by atoms with Crippen molar-refractivity contribution in [1.29, 1.82) is 0 Å². The van der Waals surface area contributed by atoms with Gasteiger partial charge in [0.25, 0.3) is 0 Å². The molecule has 2 aromatic rings. The fraction of sp³-hybridized carbons (Fsp3) is 0.188. The highest BCUT2D eigenvalue weighted by atomic mass is 79.9. The van der Waals surface area contributed by atoms with Crippen LogP contribution in [0.2, 0.25) is 0 Å². The number of rotatable bonds is 5. The minimum absolute atomic E-state index is 0.0859. The van der Waals surface area contributed by atoms with Crippen LogP contribution in [-0.2, 0) is 11.2 Å². The van der Waals surface area contributed by atoms with E-state index in [4.69, 9.17) is 0 Å². The maximum atomic E-state index is 13.1. The molecule has 0 heterocycles. The Kier molecular flexibility index (Phi) is 5.30. The molecular weight excluding hydrogens is 321 g/mol. The lowest BCUT2D eigenvalue weighted by atomic mass is 10.1. The SMILES string of the molecule is O=C(Cc1cccc(F)c1)NC(CBr)c1ccccc1. The molecule has 1 unspecified atom stereocenters. The monoisotopic (exact) mass is 335 g/mol. The van der Waals surface area contributed by atoms with Gasteiger partial charge in [-0.3, -0.25) is 4.79 Å². The summed E-state index contributed by atoms with van der Waals surface area (Å²) in [4.78, 5) is 12.0. The van der Waals surface area contributed by atoms with Crippen molar-refractivity contribution in [2.45, 2.75) is 12.5 Å². The Labute approximate surface area is 126 Å². The van der Waals surface area contributed by atoms with Crippen molar-refractivity contribution in [3.05, 3.63) is 71.5 Å². The van der Waals surface area contributed by atoms with Crippen molar-refractivity contribution in [2.24, 2.45) is 0 Å². The van der Waals surface area contributed by atoms with Crippen LogP contribution in [0.25, 0.3) is 0 Å². The molecule has 0 spiro atoms. The first-order valence-electron chi connectivity index (χ1n) is 6.34. The van der Waals surface area contributed by atoms with E-state index in [1.165, 1.54) is 12.1 Å². The molecule has 2 aromatic carbocycles. The van der Waals surface area contributed by atoms with Gasteiger partial charge < -0.3 is 5.32 Å². The Morgan fingerprint density at radius 1 is 1.15 bits per heavy atom. The summed E-state index contributed by atoms with van der Waals surface area (Å²) in [6.45, 7) is 0. The summed E-state index contributed by atoms with van der Waals surface area (Å²) in [6, 6.07) is 15.8. The minimum atomic E-state index is -0.324. The molecule has 0 aliphatic heterocycles. The minimum Gasteiger partial charge on any atom is -0.348 e. The third kappa shape index (κ3) is 4.17. The number of hydrogen-bond donors (Lipinski definition) is 1.